The third-order valence-electron chi connectivity index (χ3n) is 4.76. The van der Waals surface area contributed by atoms with E-state index in [1.807, 2.05) is 51.1 Å². The number of carbonyl (C=O) groups excluding carboxylic acids is 1. The molecule has 3 aromatic heterocycles. The van der Waals surface area contributed by atoms with E-state index in [1.54, 1.807) is 18.3 Å². The molecule has 4 rings (SSSR count). The topological polar surface area (TPSA) is 73.6 Å². The molecule has 0 fully saturated rings. The summed E-state index contributed by atoms with van der Waals surface area (Å²) in [5, 5.41) is 0.740. The molecular weight excluding hydrogens is 366 g/mol. The van der Waals surface area contributed by atoms with Crippen molar-refractivity contribution < 1.29 is 9.53 Å². The molecule has 29 heavy (non-hydrogen) atoms. The number of rotatable bonds is 4. The number of benzene rings is 1. The van der Waals surface area contributed by atoms with E-state index in [0.717, 1.165) is 22.2 Å². The summed E-state index contributed by atoms with van der Waals surface area (Å²) in [5.74, 6) is -0.284. The summed E-state index contributed by atoms with van der Waals surface area (Å²) < 4.78 is 6.99. The molecule has 0 spiro atoms. The molecule has 6 nitrogen and oxygen atoms in total. The zero-order chi connectivity index (χ0) is 20.5. The van der Waals surface area contributed by atoms with Crippen LogP contribution in [0.15, 0.2) is 59.5 Å². The second-order valence-corrected chi connectivity index (χ2v) is 7.36. The Bertz CT molecular complexity index is 1290. The van der Waals surface area contributed by atoms with Crippen LogP contribution in [0.3, 0.4) is 0 Å². The van der Waals surface area contributed by atoms with Gasteiger partial charge in [-0.15, -0.1) is 0 Å². The summed E-state index contributed by atoms with van der Waals surface area (Å²) in [6.45, 7) is 5.89. The summed E-state index contributed by atoms with van der Waals surface area (Å²) in [5.41, 5.74) is 3.73. The number of para-hydroxylation sites is 1. The van der Waals surface area contributed by atoms with Crippen LogP contribution >= 0.6 is 0 Å². The van der Waals surface area contributed by atoms with Gasteiger partial charge in [0.2, 0.25) is 0 Å². The van der Waals surface area contributed by atoms with E-state index in [-0.39, 0.29) is 18.1 Å². The highest BCUT2D eigenvalue weighted by atomic mass is 16.5. The van der Waals surface area contributed by atoms with Gasteiger partial charge in [0, 0.05) is 23.3 Å². The van der Waals surface area contributed by atoms with E-state index in [1.165, 1.54) is 10.5 Å². The number of esters is 1. The summed E-state index contributed by atoms with van der Waals surface area (Å²) in [6, 6.07) is 14.3. The van der Waals surface area contributed by atoms with Crippen molar-refractivity contribution in [2.45, 2.75) is 33.3 Å². The fourth-order valence-corrected chi connectivity index (χ4v) is 3.21. The SMILES string of the molecule is Cc1ccc2nc(COC(=O)c3cc(C(C)C)nc4ccccc34)cc(=O)n2c1. The zero-order valence-corrected chi connectivity index (χ0v) is 16.5. The Hall–Kier alpha value is -3.54. The van der Waals surface area contributed by atoms with Crippen LogP contribution in [0.5, 0.6) is 0 Å². The van der Waals surface area contributed by atoms with Crippen LogP contribution in [0.25, 0.3) is 16.6 Å². The van der Waals surface area contributed by atoms with Crippen molar-refractivity contribution in [3.05, 3.63) is 87.6 Å². The van der Waals surface area contributed by atoms with Gasteiger partial charge in [-0.1, -0.05) is 38.1 Å². The number of hydrogen-bond donors (Lipinski definition) is 0. The summed E-state index contributed by atoms with van der Waals surface area (Å²) in [4.78, 5) is 34.2. The molecule has 3 heterocycles. The molecule has 0 aliphatic carbocycles. The third kappa shape index (κ3) is 3.74. The first-order chi connectivity index (χ1) is 13.9. The predicted octanol–water partition coefficient (Wildman–Crippen LogP) is 4.03. The van der Waals surface area contributed by atoms with Gasteiger partial charge in [-0.2, -0.15) is 0 Å². The van der Waals surface area contributed by atoms with Crippen molar-refractivity contribution in [3.8, 4) is 0 Å². The molecule has 146 valence electrons. The molecule has 0 unspecified atom stereocenters. The minimum Gasteiger partial charge on any atom is -0.456 e. The quantitative estimate of drug-likeness (QED) is 0.494. The van der Waals surface area contributed by atoms with Crippen LogP contribution in [0.1, 0.15) is 47.1 Å². The van der Waals surface area contributed by atoms with Crippen molar-refractivity contribution in [3.63, 3.8) is 0 Å². The van der Waals surface area contributed by atoms with Crippen LogP contribution in [0.4, 0.5) is 0 Å². The molecule has 1 aromatic carbocycles. The molecule has 0 radical (unpaired) electrons. The van der Waals surface area contributed by atoms with Gasteiger partial charge in [-0.3, -0.25) is 14.2 Å². The first-order valence-corrected chi connectivity index (χ1v) is 9.48. The fourth-order valence-electron chi connectivity index (χ4n) is 3.21. The lowest BCUT2D eigenvalue weighted by Crippen LogP contribution is -2.17. The predicted molar refractivity (Wildman–Crippen MR) is 111 cm³/mol. The van der Waals surface area contributed by atoms with Crippen LogP contribution in [0.2, 0.25) is 0 Å². The maximum atomic E-state index is 12.8. The van der Waals surface area contributed by atoms with Crippen molar-refractivity contribution in [2.24, 2.45) is 0 Å². The summed E-state index contributed by atoms with van der Waals surface area (Å²) in [6.07, 6.45) is 1.73. The lowest BCUT2D eigenvalue weighted by atomic mass is 10.0. The van der Waals surface area contributed by atoms with Crippen molar-refractivity contribution in [2.75, 3.05) is 0 Å². The van der Waals surface area contributed by atoms with Crippen molar-refractivity contribution in [1.82, 2.24) is 14.4 Å². The van der Waals surface area contributed by atoms with Gasteiger partial charge < -0.3 is 4.74 Å². The first kappa shape index (κ1) is 18.8. The van der Waals surface area contributed by atoms with Gasteiger partial charge in [-0.25, -0.2) is 9.78 Å². The van der Waals surface area contributed by atoms with E-state index < -0.39 is 5.97 Å². The second-order valence-electron chi connectivity index (χ2n) is 7.36. The zero-order valence-electron chi connectivity index (χ0n) is 16.5. The second kappa shape index (κ2) is 7.47. The Morgan fingerprint density at radius 1 is 1.10 bits per heavy atom. The van der Waals surface area contributed by atoms with Crippen LogP contribution in [-0.4, -0.2) is 20.3 Å². The maximum Gasteiger partial charge on any atom is 0.339 e. The highest BCUT2D eigenvalue weighted by Gasteiger charge is 2.16. The Labute approximate surface area is 167 Å². The Morgan fingerprint density at radius 2 is 1.90 bits per heavy atom. The summed E-state index contributed by atoms with van der Waals surface area (Å²) >= 11 is 0. The number of aryl methyl sites for hydroxylation is 1. The van der Waals surface area contributed by atoms with E-state index >= 15 is 0 Å². The van der Waals surface area contributed by atoms with Gasteiger partial charge in [0.1, 0.15) is 12.3 Å². The van der Waals surface area contributed by atoms with Gasteiger partial charge >= 0.3 is 5.97 Å². The van der Waals surface area contributed by atoms with Gasteiger partial charge in [-0.05, 0) is 36.6 Å². The number of pyridine rings is 2. The normalized spacial score (nSPS) is 11.3. The number of fused-ring (bicyclic) bond motifs is 2. The largest absolute Gasteiger partial charge is 0.456 e. The number of aromatic nitrogens is 3. The smallest absolute Gasteiger partial charge is 0.339 e. The lowest BCUT2D eigenvalue weighted by Gasteiger charge is -2.11. The molecule has 0 N–H and O–H groups in total. The van der Waals surface area contributed by atoms with Crippen molar-refractivity contribution >= 4 is 22.5 Å². The Balaban J connectivity index is 1.64. The number of ether oxygens (including phenoxy) is 1. The van der Waals surface area contributed by atoms with Gasteiger partial charge in [0.05, 0.1) is 16.8 Å². The monoisotopic (exact) mass is 387 g/mol. The van der Waals surface area contributed by atoms with Crippen LogP contribution in [0, 0.1) is 6.92 Å². The summed E-state index contributed by atoms with van der Waals surface area (Å²) in [7, 11) is 0. The van der Waals surface area contributed by atoms with Crippen LogP contribution < -0.4 is 5.56 Å². The number of nitrogens with zero attached hydrogens (tertiary/aromatic N) is 3. The molecule has 4 aromatic rings. The molecule has 0 atom stereocenters. The van der Waals surface area contributed by atoms with E-state index in [9.17, 15) is 9.59 Å². The standard InChI is InChI=1S/C23H21N3O3/c1-14(2)20-11-18(17-6-4-5-7-19(17)25-20)23(28)29-13-16-10-22(27)26-12-15(3)8-9-21(26)24-16/h4-12,14H,13H2,1-3H3. The number of carbonyl (C=O) groups is 1. The van der Waals surface area contributed by atoms with E-state index in [0.29, 0.717) is 16.9 Å². The molecule has 0 saturated carbocycles. The molecular formula is C23H21N3O3. The van der Waals surface area contributed by atoms with Crippen LogP contribution in [-0.2, 0) is 11.3 Å². The fraction of sp³-hybridized carbons (Fsp3) is 0.217. The van der Waals surface area contributed by atoms with Gasteiger partial charge in [0.15, 0.2) is 0 Å². The molecule has 0 aliphatic heterocycles. The molecule has 0 aliphatic rings. The van der Waals surface area contributed by atoms with Gasteiger partial charge in [0.25, 0.3) is 5.56 Å². The molecule has 0 bridgehead atoms. The maximum absolute atomic E-state index is 12.8. The van der Waals surface area contributed by atoms with Crippen molar-refractivity contribution in [1.29, 1.82) is 0 Å². The molecule has 0 amide bonds. The highest BCUT2D eigenvalue weighted by molar-refractivity contribution is 6.03. The van der Waals surface area contributed by atoms with E-state index in [2.05, 4.69) is 9.97 Å². The number of hydrogen-bond acceptors (Lipinski definition) is 5. The average Bonchev–Trinajstić information content (AvgIpc) is 2.71. The third-order valence-corrected chi connectivity index (χ3v) is 4.76. The lowest BCUT2D eigenvalue weighted by molar-refractivity contribution is 0.0470. The highest BCUT2D eigenvalue weighted by Crippen LogP contribution is 2.23. The minimum atomic E-state index is -0.462. The Morgan fingerprint density at radius 3 is 2.69 bits per heavy atom. The Kier molecular flexibility index (Phi) is 4.84. The van der Waals surface area contributed by atoms with E-state index in [4.69, 9.17) is 4.74 Å². The average molecular weight is 387 g/mol. The first-order valence-electron chi connectivity index (χ1n) is 9.48. The molecule has 6 heteroatoms. The minimum absolute atomic E-state index is 0.0773. The molecule has 0 saturated heterocycles.